The van der Waals surface area contributed by atoms with Crippen molar-refractivity contribution in [1.82, 2.24) is 15.5 Å². The monoisotopic (exact) mass is 358 g/mol. The standard InChI is InChI=1S/C16H24Cl2N4O/c1-4-8-20-15(23)7-9-21-16(19-2)22(3)11-12-5-6-13(17)14(18)10-12/h5-6,10H,4,7-9,11H2,1-3H3,(H,19,21)(H,20,23). The maximum absolute atomic E-state index is 11.6. The number of hydrogen-bond acceptors (Lipinski definition) is 2. The molecule has 0 saturated carbocycles. The zero-order valence-corrected chi connectivity index (χ0v) is 15.3. The van der Waals surface area contributed by atoms with Crippen LogP contribution in [0.3, 0.4) is 0 Å². The molecule has 7 heteroatoms. The Balaban J connectivity index is 2.47. The van der Waals surface area contributed by atoms with Gasteiger partial charge < -0.3 is 15.5 Å². The minimum absolute atomic E-state index is 0.0435. The van der Waals surface area contributed by atoms with E-state index in [1.807, 2.05) is 31.0 Å². The van der Waals surface area contributed by atoms with Crippen LogP contribution in [-0.2, 0) is 11.3 Å². The third-order valence-electron chi connectivity index (χ3n) is 3.18. The first kappa shape index (κ1) is 19.6. The van der Waals surface area contributed by atoms with Gasteiger partial charge >= 0.3 is 0 Å². The molecule has 0 aliphatic heterocycles. The van der Waals surface area contributed by atoms with Gasteiger partial charge in [0, 0.05) is 40.2 Å². The van der Waals surface area contributed by atoms with E-state index >= 15 is 0 Å². The predicted octanol–water partition coefficient (Wildman–Crippen LogP) is 2.92. The summed E-state index contributed by atoms with van der Waals surface area (Å²) in [5, 5.41) is 7.10. The van der Waals surface area contributed by atoms with E-state index in [0.29, 0.717) is 36.1 Å². The van der Waals surface area contributed by atoms with Gasteiger partial charge in [0.2, 0.25) is 5.91 Å². The van der Waals surface area contributed by atoms with E-state index in [-0.39, 0.29) is 5.91 Å². The second-order valence-corrected chi connectivity index (χ2v) is 5.99. The fourth-order valence-electron chi connectivity index (χ4n) is 2.01. The molecule has 1 rings (SSSR count). The van der Waals surface area contributed by atoms with Gasteiger partial charge in [-0.1, -0.05) is 36.2 Å². The Morgan fingerprint density at radius 3 is 2.57 bits per heavy atom. The molecule has 0 aromatic heterocycles. The number of nitrogens with one attached hydrogen (secondary N) is 2. The maximum Gasteiger partial charge on any atom is 0.221 e. The minimum atomic E-state index is 0.0435. The van der Waals surface area contributed by atoms with Crippen molar-refractivity contribution < 1.29 is 4.79 Å². The number of hydrogen-bond donors (Lipinski definition) is 2. The van der Waals surface area contributed by atoms with Crippen molar-refractivity contribution in [3.05, 3.63) is 33.8 Å². The van der Waals surface area contributed by atoms with Gasteiger partial charge in [-0.2, -0.15) is 0 Å². The molecule has 0 aliphatic rings. The Hall–Kier alpha value is -1.46. The number of rotatable bonds is 7. The molecule has 128 valence electrons. The highest BCUT2D eigenvalue weighted by Crippen LogP contribution is 2.23. The summed E-state index contributed by atoms with van der Waals surface area (Å²) in [7, 11) is 3.64. The lowest BCUT2D eigenvalue weighted by atomic mass is 10.2. The normalized spacial score (nSPS) is 11.3. The van der Waals surface area contributed by atoms with Crippen LogP contribution in [0.5, 0.6) is 0 Å². The van der Waals surface area contributed by atoms with Crippen molar-refractivity contribution in [3.63, 3.8) is 0 Å². The lowest BCUT2D eigenvalue weighted by Crippen LogP contribution is -2.40. The molecule has 23 heavy (non-hydrogen) atoms. The van der Waals surface area contributed by atoms with Crippen LogP contribution >= 0.6 is 23.2 Å². The fraction of sp³-hybridized carbons (Fsp3) is 0.500. The second kappa shape index (κ2) is 10.3. The largest absolute Gasteiger partial charge is 0.356 e. The lowest BCUT2D eigenvalue weighted by Gasteiger charge is -2.22. The zero-order chi connectivity index (χ0) is 17.2. The number of aliphatic imine (C=N–C) groups is 1. The average Bonchev–Trinajstić information content (AvgIpc) is 2.53. The number of carbonyl (C=O) groups excluding carboxylic acids is 1. The molecular formula is C16H24Cl2N4O. The summed E-state index contributed by atoms with van der Waals surface area (Å²) in [4.78, 5) is 17.8. The van der Waals surface area contributed by atoms with E-state index in [2.05, 4.69) is 15.6 Å². The van der Waals surface area contributed by atoms with Gasteiger partial charge in [-0.25, -0.2) is 0 Å². The molecule has 0 heterocycles. The van der Waals surface area contributed by atoms with Gasteiger partial charge in [0.15, 0.2) is 5.96 Å². The topological polar surface area (TPSA) is 56.7 Å². The first-order chi connectivity index (χ1) is 11.0. The van der Waals surface area contributed by atoms with Crippen molar-refractivity contribution in [2.45, 2.75) is 26.3 Å². The lowest BCUT2D eigenvalue weighted by molar-refractivity contribution is -0.120. The Kier molecular flexibility index (Phi) is 8.81. The minimum Gasteiger partial charge on any atom is -0.356 e. The molecule has 0 atom stereocenters. The quantitative estimate of drug-likeness (QED) is 0.581. The van der Waals surface area contributed by atoms with Crippen LogP contribution < -0.4 is 10.6 Å². The van der Waals surface area contributed by atoms with Crippen LogP contribution in [0.1, 0.15) is 25.3 Å². The summed E-state index contributed by atoms with van der Waals surface area (Å²) in [5.41, 5.74) is 1.03. The van der Waals surface area contributed by atoms with Gasteiger partial charge in [-0.05, 0) is 24.1 Å². The first-order valence-corrected chi connectivity index (χ1v) is 8.36. The van der Waals surface area contributed by atoms with Crippen molar-refractivity contribution in [3.8, 4) is 0 Å². The van der Waals surface area contributed by atoms with Crippen LogP contribution in [-0.4, -0.2) is 44.0 Å². The summed E-state index contributed by atoms with van der Waals surface area (Å²) in [6.45, 7) is 3.91. The van der Waals surface area contributed by atoms with Crippen LogP contribution in [0.2, 0.25) is 10.0 Å². The average molecular weight is 359 g/mol. The number of guanidine groups is 1. The van der Waals surface area contributed by atoms with E-state index < -0.39 is 0 Å². The molecule has 5 nitrogen and oxygen atoms in total. The fourth-order valence-corrected chi connectivity index (χ4v) is 2.33. The van der Waals surface area contributed by atoms with E-state index in [9.17, 15) is 4.79 Å². The third kappa shape index (κ3) is 7.10. The van der Waals surface area contributed by atoms with E-state index in [1.54, 1.807) is 13.1 Å². The molecule has 0 fully saturated rings. The van der Waals surface area contributed by atoms with Crippen LogP contribution in [0.25, 0.3) is 0 Å². The summed E-state index contributed by atoms with van der Waals surface area (Å²) >= 11 is 12.0. The van der Waals surface area contributed by atoms with Crippen molar-refractivity contribution >= 4 is 35.1 Å². The molecule has 0 unspecified atom stereocenters. The Labute approximate surface area is 148 Å². The van der Waals surface area contributed by atoms with Crippen molar-refractivity contribution in [2.24, 2.45) is 4.99 Å². The van der Waals surface area contributed by atoms with Crippen molar-refractivity contribution in [1.29, 1.82) is 0 Å². The predicted molar refractivity (Wildman–Crippen MR) is 97.2 cm³/mol. The highest BCUT2D eigenvalue weighted by molar-refractivity contribution is 6.42. The first-order valence-electron chi connectivity index (χ1n) is 7.60. The maximum atomic E-state index is 11.6. The van der Waals surface area contributed by atoms with Crippen LogP contribution in [0.4, 0.5) is 0 Å². The molecule has 0 saturated heterocycles. The summed E-state index contributed by atoms with van der Waals surface area (Å²) in [6, 6.07) is 5.55. The van der Waals surface area contributed by atoms with Crippen LogP contribution in [0.15, 0.2) is 23.2 Å². The van der Waals surface area contributed by atoms with Gasteiger partial charge in [-0.15, -0.1) is 0 Å². The van der Waals surface area contributed by atoms with E-state index in [1.165, 1.54) is 0 Å². The summed E-state index contributed by atoms with van der Waals surface area (Å²) in [5.74, 6) is 0.765. The molecule has 1 aromatic rings. The molecule has 0 aliphatic carbocycles. The van der Waals surface area contributed by atoms with Crippen molar-refractivity contribution in [2.75, 3.05) is 27.2 Å². The molecule has 1 amide bonds. The number of benzene rings is 1. The molecule has 0 radical (unpaired) electrons. The number of amides is 1. The van der Waals surface area contributed by atoms with Crippen LogP contribution in [0, 0.1) is 0 Å². The Bertz CT molecular complexity index is 549. The number of nitrogens with zero attached hydrogens (tertiary/aromatic N) is 2. The highest BCUT2D eigenvalue weighted by atomic mass is 35.5. The smallest absolute Gasteiger partial charge is 0.221 e. The summed E-state index contributed by atoms with van der Waals surface area (Å²) in [6.07, 6.45) is 1.35. The van der Waals surface area contributed by atoms with E-state index in [0.717, 1.165) is 17.9 Å². The number of carbonyl (C=O) groups is 1. The molecular weight excluding hydrogens is 335 g/mol. The number of halogens is 2. The Morgan fingerprint density at radius 1 is 1.22 bits per heavy atom. The van der Waals surface area contributed by atoms with Gasteiger partial charge in [-0.3, -0.25) is 9.79 Å². The molecule has 2 N–H and O–H groups in total. The second-order valence-electron chi connectivity index (χ2n) is 5.18. The summed E-state index contributed by atoms with van der Waals surface area (Å²) < 4.78 is 0. The SMILES string of the molecule is CCCNC(=O)CCNC(=NC)N(C)Cc1ccc(Cl)c(Cl)c1. The van der Waals surface area contributed by atoms with Gasteiger partial charge in [0.1, 0.15) is 0 Å². The zero-order valence-electron chi connectivity index (χ0n) is 13.8. The molecule has 0 spiro atoms. The highest BCUT2D eigenvalue weighted by Gasteiger charge is 2.08. The van der Waals surface area contributed by atoms with Gasteiger partial charge in [0.25, 0.3) is 0 Å². The Morgan fingerprint density at radius 2 is 1.96 bits per heavy atom. The van der Waals surface area contributed by atoms with E-state index in [4.69, 9.17) is 23.2 Å². The molecule has 0 bridgehead atoms. The van der Waals surface area contributed by atoms with Gasteiger partial charge in [0.05, 0.1) is 10.0 Å². The third-order valence-corrected chi connectivity index (χ3v) is 3.92. The molecule has 1 aromatic carbocycles.